The van der Waals surface area contributed by atoms with Gasteiger partial charge < -0.3 is 20.9 Å². The number of thiophene rings is 1. The summed E-state index contributed by atoms with van der Waals surface area (Å²) in [5.41, 5.74) is 1.14. The van der Waals surface area contributed by atoms with Crippen molar-refractivity contribution in [3.05, 3.63) is 76.2 Å². The lowest BCUT2D eigenvalue weighted by Gasteiger charge is -2.41. The lowest BCUT2D eigenvalue weighted by Crippen LogP contribution is -2.59. The molecule has 154 valence electrons. The monoisotopic (exact) mass is 424 g/mol. The van der Waals surface area contributed by atoms with E-state index in [9.17, 15) is 14.0 Å². The molecule has 0 radical (unpaired) electrons. The largest absolute Gasteiger partial charge is 0.355 e. The number of hydrogen-bond acceptors (Lipinski definition) is 5. The first kappa shape index (κ1) is 19.9. The summed E-state index contributed by atoms with van der Waals surface area (Å²) in [6, 6.07) is 15.0. The second-order valence-electron chi connectivity index (χ2n) is 7.24. The molecule has 2 amide bonds. The van der Waals surface area contributed by atoms with Crippen molar-refractivity contribution in [1.29, 1.82) is 0 Å². The zero-order valence-electron chi connectivity index (χ0n) is 16.5. The third-order valence-corrected chi connectivity index (χ3v) is 5.86. The molecular weight excluding hydrogens is 403 g/mol. The Kier molecular flexibility index (Phi) is 5.17. The van der Waals surface area contributed by atoms with Gasteiger partial charge in [0.15, 0.2) is 5.66 Å². The van der Waals surface area contributed by atoms with Gasteiger partial charge in [-0.3, -0.25) is 9.59 Å². The molecule has 3 aromatic rings. The van der Waals surface area contributed by atoms with Crippen molar-refractivity contribution < 1.29 is 14.0 Å². The minimum absolute atomic E-state index is 0.169. The summed E-state index contributed by atoms with van der Waals surface area (Å²) in [7, 11) is 1.65. The maximum atomic E-state index is 13.7. The van der Waals surface area contributed by atoms with Crippen molar-refractivity contribution in [1.82, 2.24) is 5.32 Å². The van der Waals surface area contributed by atoms with Crippen LogP contribution in [0.4, 0.5) is 21.5 Å². The first-order valence-electron chi connectivity index (χ1n) is 9.40. The minimum atomic E-state index is -1.17. The number of rotatable bonds is 5. The Balaban J connectivity index is 1.47. The van der Waals surface area contributed by atoms with Gasteiger partial charge in [0.2, 0.25) is 0 Å². The predicted molar refractivity (Wildman–Crippen MR) is 117 cm³/mol. The number of carbonyl (C=O) groups excluding carboxylic acids is 2. The zero-order chi connectivity index (χ0) is 21.3. The highest BCUT2D eigenvalue weighted by Crippen LogP contribution is 2.35. The summed E-state index contributed by atoms with van der Waals surface area (Å²) in [5, 5.41) is 11.1. The summed E-state index contributed by atoms with van der Waals surface area (Å²) in [6.45, 7) is 2.18. The molecule has 4 rings (SSSR count). The van der Waals surface area contributed by atoms with E-state index in [-0.39, 0.29) is 17.6 Å². The van der Waals surface area contributed by atoms with Crippen LogP contribution in [-0.4, -0.2) is 24.5 Å². The Morgan fingerprint density at radius 1 is 1.20 bits per heavy atom. The van der Waals surface area contributed by atoms with Gasteiger partial charge in [-0.05, 0) is 60.8 Å². The maximum Gasteiger partial charge on any atom is 0.272 e. The van der Waals surface area contributed by atoms with Crippen LogP contribution in [-0.2, 0) is 11.3 Å². The van der Waals surface area contributed by atoms with Gasteiger partial charge in [0, 0.05) is 23.2 Å². The molecule has 1 atom stereocenters. The van der Waals surface area contributed by atoms with E-state index in [0.29, 0.717) is 29.2 Å². The third-order valence-electron chi connectivity index (χ3n) is 4.98. The molecule has 30 heavy (non-hydrogen) atoms. The van der Waals surface area contributed by atoms with Crippen molar-refractivity contribution in [2.45, 2.75) is 19.1 Å². The number of fused-ring (bicyclic) bond motifs is 1. The van der Waals surface area contributed by atoms with Crippen LogP contribution < -0.4 is 20.9 Å². The van der Waals surface area contributed by atoms with E-state index in [2.05, 4.69) is 16.0 Å². The second-order valence-corrected chi connectivity index (χ2v) is 8.27. The van der Waals surface area contributed by atoms with Crippen molar-refractivity contribution in [3.63, 3.8) is 0 Å². The van der Waals surface area contributed by atoms with Gasteiger partial charge in [-0.2, -0.15) is 0 Å². The van der Waals surface area contributed by atoms with Gasteiger partial charge in [0.1, 0.15) is 5.82 Å². The Labute approximate surface area is 177 Å². The van der Waals surface area contributed by atoms with E-state index >= 15 is 0 Å². The normalized spacial score (nSPS) is 17.8. The summed E-state index contributed by atoms with van der Waals surface area (Å²) in [6.07, 6.45) is 0. The van der Waals surface area contributed by atoms with Crippen LogP contribution in [0.15, 0.2) is 60.0 Å². The van der Waals surface area contributed by atoms with E-state index in [0.717, 1.165) is 4.88 Å². The molecular formula is C22H21FN4O2S. The van der Waals surface area contributed by atoms with E-state index < -0.39 is 5.66 Å². The molecule has 0 saturated heterocycles. The first-order chi connectivity index (χ1) is 14.4. The number of nitrogens with zero attached hydrogens (tertiary/aromatic N) is 1. The number of likely N-dealkylation sites (N-methyl/N-ethyl adjacent to an activating group) is 1. The van der Waals surface area contributed by atoms with Crippen LogP contribution in [0.3, 0.4) is 0 Å². The Hall–Kier alpha value is -3.39. The molecule has 1 aliphatic heterocycles. The SMILES string of the molecule is CN1C(=O)C(C)(Nc2ccc(C(=O)NCc3cccs3)cc2)Nc2cc(F)ccc21. The highest BCUT2D eigenvalue weighted by Gasteiger charge is 2.41. The lowest BCUT2D eigenvalue weighted by molar-refractivity contribution is -0.121. The molecule has 8 heteroatoms. The molecule has 0 aliphatic carbocycles. The summed E-state index contributed by atoms with van der Waals surface area (Å²) >= 11 is 1.59. The Morgan fingerprint density at radius 3 is 2.67 bits per heavy atom. The van der Waals surface area contributed by atoms with Crippen LogP contribution in [0, 0.1) is 5.82 Å². The second kappa shape index (κ2) is 7.79. The minimum Gasteiger partial charge on any atom is -0.355 e. The van der Waals surface area contributed by atoms with E-state index in [4.69, 9.17) is 0 Å². The van der Waals surface area contributed by atoms with Crippen molar-refractivity contribution >= 4 is 40.2 Å². The van der Waals surface area contributed by atoms with Crippen molar-refractivity contribution in [3.8, 4) is 0 Å². The molecule has 0 spiro atoms. The molecule has 1 aliphatic rings. The number of amides is 2. The summed E-state index contributed by atoms with van der Waals surface area (Å²) < 4.78 is 13.7. The highest BCUT2D eigenvalue weighted by molar-refractivity contribution is 7.09. The smallest absolute Gasteiger partial charge is 0.272 e. The molecule has 0 saturated carbocycles. The van der Waals surface area contributed by atoms with E-state index in [1.165, 1.54) is 17.0 Å². The van der Waals surface area contributed by atoms with Gasteiger partial charge in [-0.1, -0.05) is 6.07 Å². The highest BCUT2D eigenvalue weighted by atomic mass is 32.1. The van der Waals surface area contributed by atoms with Gasteiger partial charge in [-0.15, -0.1) is 11.3 Å². The molecule has 1 unspecified atom stereocenters. The number of carbonyl (C=O) groups is 2. The number of benzene rings is 2. The van der Waals surface area contributed by atoms with Gasteiger partial charge in [0.25, 0.3) is 11.8 Å². The first-order valence-corrected chi connectivity index (χ1v) is 10.3. The van der Waals surface area contributed by atoms with Crippen molar-refractivity contribution in [2.24, 2.45) is 0 Å². The topological polar surface area (TPSA) is 73.5 Å². The van der Waals surface area contributed by atoms with Gasteiger partial charge >= 0.3 is 0 Å². The number of nitrogens with one attached hydrogen (secondary N) is 3. The van der Waals surface area contributed by atoms with Gasteiger partial charge in [-0.25, -0.2) is 4.39 Å². The standard InChI is InChI=1S/C22H21FN4O2S/c1-22(21(29)27(2)19-10-7-15(23)12-18(19)26-22)25-16-8-5-14(6-9-16)20(28)24-13-17-4-3-11-30-17/h3-12,25-26H,13H2,1-2H3,(H,24,28). The van der Waals surface area contributed by atoms with Crippen LogP contribution in [0.2, 0.25) is 0 Å². The Morgan fingerprint density at radius 2 is 1.97 bits per heavy atom. The van der Waals surface area contributed by atoms with E-state index in [1.54, 1.807) is 55.6 Å². The van der Waals surface area contributed by atoms with E-state index in [1.807, 2.05) is 17.5 Å². The fourth-order valence-electron chi connectivity index (χ4n) is 3.43. The molecule has 0 bridgehead atoms. The average Bonchev–Trinajstić information content (AvgIpc) is 3.24. The molecule has 3 N–H and O–H groups in total. The fraction of sp³-hybridized carbons (Fsp3) is 0.182. The number of halogens is 1. The average molecular weight is 425 g/mol. The zero-order valence-corrected chi connectivity index (χ0v) is 17.3. The summed E-state index contributed by atoms with van der Waals surface area (Å²) in [4.78, 5) is 27.8. The molecule has 2 aromatic carbocycles. The van der Waals surface area contributed by atoms with Crippen LogP contribution in [0.5, 0.6) is 0 Å². The molecule has 1 aromatic heterocycles. The molecule has 0 fully saturated rings. The number of anilines is 3. The fourth-order valence-corrected chi connectivity index (χ4v) is 4.07. The van der Waals surface area contributed by atoms with Crippen molar-refractivity contribution in [2.75, 3.05) is 22.6 Å². The number of hydrogen-bond donors (Lipinski definition) is 3. The van der Waals surface area contributed by atoms with Gasteiger partial charge in [0.05, 0.1) is 17.9 Å². The molecule has 6 nitrogen and oxygen atoms in total. The van der Waals surface area contributed by atoms with Crippen LogP contribution >= 0.6 is 11.3 Å². The third kappa shape index (κ3) is 3.86. The maximum absolute atomic E-state index is 13.7. The quantitative estimate of drug-likeness (QED) is 0.578. The van der Waals surface area contributed by atoms with Crippen LogP contribution in [0.25, 0.3) is 0 Å². The summed E-state index contributed by atoms with van der Waals surface area (Å²) in [5.74, 6) is -0.763. The predicted octanol–water partition coefficient (Wildman–Crippen LogP) is 4.03. The lowest BCUT2D eigenvalue weighted by atomic mass is 10.0. The van der Waals surface area contributed by atoms with Crippen LogP contribution in [0.1, 0.15) is 22.2 Å². The molecule has 2 heterocycles. The Bertz CT molecular complexity index is 1090.